The Balaban J connectivity index is 1.77. The van der Waals surface area contributed by atoms with Gasteiger partial charge in [0.05, 0.1) is 12.6 Å². The zero-order chi connectivity index (χ0) is 12.8. The van der Waals surface area contributed by atoms with Gasteiger partial charge in [0.15, 0.2) is 5.96 Å². The van der Waals surface area contributed by atoms with Crippen LogP contribution >= 0.6 is 11.3 Å². The van der Waals surface area contributed by atoms with Crippen LogP contribution in [-0.2, 0) is 0 Å². The van der Waals surface area contributed by atoms with Crippen molar-refractivity contribution in [2.75, 3.05) is 6.54 Å². The van der Waals surface area contributed by atoms with Crippen LogP contribution in [0.1, 0.15) is 43.8 Å². The van der Waals surface area contributed by atoms with Gasteiger partial charge in [0, 0.05) is 6.04 Å². The van der Waals surface area contributed by atoms with Gasteiger partial charge in [-0.05, 0) is 35.2 Å². The van der Waals surface area contributed by atoms with E-state index >= 15 is 0 Å². The van der Waals surface area contributed by atoms with Gasteiger partial charge in [0.25, 0.3) is 0 Å². The third kappa shape index (κ3) is 3.99. The summed E-state index contributed by atoms with van der Waals surface area (Å²) in [5.74, 6) is 0.455. The van der Waals surface area contributed by atoms with Crippen LogP contribution < -0.4 is 11.1 Å². The van der Waals surface area contributed by atoms with Crippen LogP contribution in [0.4, 0.5) is 0 Å². The van der Waals surface area contributed by atoms with Crippen LogP contribution in [0.15, 0.2) is 21.8 Å². The smallest absolute Gasteiger partial charge is 0.188 e. The molecule has 1 aliphatic rings. The van der Waals surface area contributed by atoms with E-state index in [2.05, 4.69) is 10.3 Å². The number of hydrogen-bond donors (Lipinski definition) is 3. The van der Waals surface area contributed by atoms with E-state index in [4.69, 9.17) is 5.73 Å². The molecule has 0 aliphatic heterocycles. The van der Waals surface area contributed by atoms with Gasteiger partial charge in [0.1, 0.15) is 0 Å². The lowest BCUT2D eigenvalue weighted by atomic mass is 9.96. The number of aliphatic hydroxyl groups is 1. The summed E-state index contributed by atoms with van der Waals surface area (Å²) in [5, 5.41) is 17.0. The van der Waals surface area contributed by atoms with Gasteiger partial charge in [-0.2, -0.15) is 11.3 Å². The third-order valence-corrected chi connectivity index (χ3v) is 4.02. The molecule has 1 saturated carbocycles. The fourth-order valence-electron chi connectivity index (χ4n) is 2.26. The largest absolute Gasteiger partial charge is 0.386 e. The van der Waals surface area contributed by atoms with Gasteiger partial charge >= 0.3 is 0 Å². The zero-order valence-corrected chi connectivity index (χ0v) is 11.3. The Morgan fingerprint density at radius 3 is 2.94 bits per heavy atom. The molecule has 0 saturated heterocycles. The highest BCUT2D eigenvalue weighted by atomic mass is 32.1. The van der Waals surface area contributed by atoms with Gasteiger partial charge in [-0.3, -0.25) is 4.99 Å². The van der Waals surface area contributed by atoms with Gasteiger partial charge in [-0.25, -0.2) is 0 Å². The van der Waals surface area contributed by atoms with Crippen LogP contribution in [-0.4, -0.2) is 23.7 Å². The Hall–Kier alpha value is -1.07. The first-order chi connectivity index (χ1) is 8.75. The second kappa shape index (κ2) is 6.75. The first-order valence-electron chi connectivity index (χ1n) is 6.52. The fourth-order valence-corrected chi connectivity index (χ4v) is 2.96. The topological polar surface area (TPSA) is 70.6 Å². The number of nitrogens with two attached hydrogens (primary N) is 1. The number of aliphatic hydroxyl groups excluding tert-OH is 1. The van der Waals surface area contributed by atoms with Crippen molar-refractivity contribution in [3.05, 3.63) is 22.4 Å². The molecule has 5 heteroatoms. The summed E-state index contributed by atoms with van der Waals surface area (Å²) in [4.78, 5) is 4.21. The summed E-state index contributed by atoms with van der Waals surface area (Å²) >= 11 is 1.58. The molecule has 4 N–H and O–H groups in total. The lowest BCUT2D eigenvalue weighted by Gasteiger charge is -2.23. The maximum Gasteiger partial charge on any atom is 0.188 e. The van der Waals surface area contributed by atoms with Crippen molar-refractivity contribution in [1.29, 1.82) is 0 Å². The van der Waals surface area contributed by atoms with E-state index in [0.717, 1.165) is 5.56 Å². The molecule has 100 valence electrons. The average molecular weight is 267 g/mol. The second-order valence-electron chi connectivity index (χ2n) is 4.78. The molecule has 0 aromatic carbocycles. The molecule has 1 heterocycles. The van der Waals surface area contributed by atoms with E-state index in [1.165, 1.54) is 32.1 Å². The zero-order valence-electron chi connectivity index (χ0n) is 10.5. The number of aliphatic imine (C=N–C) groups is 1. The van der Waals surface area contributed by atoms with Gasteiger partial charge < -0.3 is 16.2 Å². The molecular formula is C13H21N3OS. The first kappa shape index (κ1) is 13.4. The molecule has 1 fully saturated rings. The number of rotatable bonds is 4. The molecule has 1 aliphatic carbocycles. The normalized spacial score (nSPS) is 19.7. The average Bonchev–Trinajstić information content (AvgIpc) is 2.91. The molecule has 1 atom stereocenters. The van der Waals surface area contributed by atoms with Crippen LogP contribution in [0.5, 0.6) is 0 Å². The highest BCUT2D eigenvalue weighted by molar-refractivity contribution is 7.07. The minimum Gasteiger partial charge on any atom is -0.386 e. The third-order valence-electron chi connectivity index (χ3n) is 3.32. The molecule has 1 unspecified atom stereocenters. The summed E-state index contributed by atoms with van der Waals surface area (Å²) in [6, 6.07) is 2.37. The quantitative estimate of drug-likeness (QED) is 0.577. The van der Waals surface area contributed by atoms with Gasteiger partial charge in [0.2, 0.25) is 0 Å². The molecule has 18 heavy (non-hydrogen) atoms. The fraction of sp³-hybridized carbons (Fsp3) is 0.615. The predicted octanol–water partition coefficient (Wildman–Crippen LogP) is 2.02. The maximum absolute atomic E-state index is 9.88. The molecule has 0 amide bonds. The molecule has 0 spiro atoms. The van der Waals surface area contributed by atoms with Crippen molar-refractivity contribution in [2.45, 2.75) is 44.2 Å². The Kier molecular flexibility index (Phi) is 5.01. The van der Waals surface area contributed by atoms with Crippen molar-refractivity contribution in [2.24, 2.45) is 10.7 Å². The molecule has 0 bridgehead atoms. The second-order valence-corrected chi connectivity index (χ2v) is 5.56. The summed E-state index contributed by atoms with van der Waals surface area (Å²) < 4.78 is 0. The molecular weight excluding hydrogens is 246 g/mol. The molecule has 0 radical (unpaired) electrons. The Morgan fingerprint density at radius 2 is 2.28 bits per heavy atom. The van der Waals surface area contributed by atoms with E-state index < -0.39 is 6.10 Å². The Morgan fingerprint density at radius 1 is 1.50 bits per heavy atom. The van der Waals surface area contributed by atoms with Crippen molar-refractivity contribution >= 4 is 17.3 Å². The van der Waals surface area contributed by atoms with Crippen molar-refractivity contribution < 1.29 is 5.11 Å². The molecule has 2 rings (SSSR count). The molecule has 1 aromatic heterocycles. The Labute approximate surface area is 112 Å². The molecule has 1 aromatic rings. The highest BCUT2D eigenvalue weighted by Gasteiger charge is 2.13. The number of nitrogens with one attached hydrogen (secondary N) is 1. The van der Waals surface area contributed by atoms with Crippen molar-refractivity contribution in [1.82, 2.24) is 5.32 Å². The van der Waals surface area contributed by atoms with E-state index in [1.54, 1.807) is 11.3 Å². The van der Waals surface area contributed by atoms with E-state index in [-0.39, 0.29) is 0 Å². The lowest BCUT2D eigenvalue weighted by Crippen LogP contribution is -2.41. The van der Waals surface area contributed by atoms with Crippen LogP contribution in [0.3, 0.4) is 0 Å². The summed E-state index contributed by atoms with van der Waals surface area (Å²) in [5.41, 5.74) is 6.75. The summed E-state index contributed by atoms with van der Waals surface area (Å²) in [7, 11) is 0. The van der Waals surface area contributed by atoms with E-state index in [1.807, 2.05) is 16.8 Å². The van der Waals surface area contributed by atoms with E-state index in [0.29, 0.717) is 18.5 Å². The maximum atomic E-state index is 9.88. The predicted molar refractivity (Wildman–Crippen MR) is 75.8 cm³/mol. The summed E-state index contributed by atoms with van der Waals surface area (Å²) in [6.07, 6.45) is 5.65. The molecule has 4 nitrogen and oxygen atoms in total. The summed E-state index contributed by atoms with van der Waals surface area (Å²) in [6.45, 7) is 0.322. The lowest BCUT2D eigenvalue weighted by molar-refractivity contribution is 0.187. The monoisotopic (exact) mass is 267 g/mol. The standard InChI is InChI=1S/C13H21N3OS/c14-13(16-11-4-2-1-3-5-11)15-8-12(17)10-6-7-18-9-10/h6-7,9,11-12,17H,1-5,8H2,(H3,14,15,16). The SMILES string of the molecule is NC(=NCC(O)c1ccsc1)NC1CCCCC1. The minimum atomic E-state index is -0.553. The van der Waals surface area contributed by atoms with Gasteiger partial charge in [-0.15, -0.1) is 0 Å². The van der Waals surface area contributed by atoms with Crippen LogP contribution in [0.2, 0.25) is 0 Å². The number of hydrogen-bond acceptors (Lipinski definition) is 3. The van der Waals surface area contributed by atoms with Crippen molar-refractivity contribution in [3.8, 4) is 0 Å². The van der Waals surface area contributed by atoms with Crippen LogP contribution in [0, 0.1) is 0 Å². The Bertz CT molecular complexity index is 372. The highest BCUT2D eigenvalue weighted by Crippen LogP contribution is 2.18. The van der Waals surface area contributed by atoms with E-state index in [9.17, 15) is 5.11 Å². The number of thiophene rings is 1. The first-order valence-corrected chi connectivity index (χ1v) is 7.46. The van der Waals surface area contributed by atoms with Gasteiger partial charge in [-0.1, -0.05) is 19.3 Å². The number of nitrogens with zero attached hydrogens (tertiary/aromatic N) is 1. The minimum absolute atomic E-state index is 0.322. The van der Waals surface area contributed by atoms with Crippen LogP contribution in [0.25, 0.3) is 0 Å². The van der Waals surface area contributed by atoms with Crippen molar-refractivity contribution in [3.63, 3.8) is 0 Å². The number of guanidine groups is 1.